The molecule has 2 aromatic heterocycles. The minimum atomic E-state index is -0.937. The predicted octanol–water partition coefficient (Wildman–Crippen LogP) is 2.37. The molecule has 0 amide bonds. The Hall–Kier alpha value is -2.96. The molecule has 116 valence electrons. The fourth-order valence-corrected chi connectivity index (χ4v) is 2.61. The maximum atomic E-state index is 11.1. The van der Waals surface area contributed by atoms with Crippen molar-refractivity contribution in [3.05, 3.63) is 41.9 Å². The van der Waals surface area contributed by atoms with Crippen molar-refractivity contribution in [2.75, 3.05) is 5.32 Å². The lowest BCUT2D eigenvalue weighted by Crippen LogP contribution is -2.07. The third kappa shape index (κ3) is 2.40. The number of fused-ring (bicyclic) bond motifs is 1. The molecule has 0 saturated heterocycles. The van der Waals surface area contributed by atoms with Crippen molar-refractivity contribution in [2.45, 2.75) is 25.8 Å². The molecule has 4 rings (SSSR count). The molecule has 7 heteroatoms. The van der Waals surface area contributed by atoms with Crippen LogP contribution >= 0.6 is 0 Å². The second kappa shape index (κ2) is 5.05. The average Bonchev–Trinajstić information content (AvgIpc) is 3.20. The normalized spacial score (nSPS) is 14.1. The Morgan fingerprint density at radius 1 is 1.35 bits per heavy atom. The number of hydrogen-bond acceptors (Lipinski definition) is 5. The maximum Gasteiger partial charge on any atom is 0.335 e. The number of nitrogens with one attached hydrogen (secondary N) is 1. The summed E-state index contributed by atoms with van der Waals surface area (Å²) >= 11 is 0. The summed E-state index contributed by atoms with van der Waals surface area (Å²) in [4.78, 5) is 19.9. The summed E-state index contributed by atoms with van der Waals surface area (Å²) in [6.45, 7) is 1.88. The van der Waals surface area contributed by atoms with Gasteiger partial charge in [-0.25, -0.2) is 19.3 Å². The zero-order valence-electron chi connectivity index (χ0n) is 12.5. The molecular formula is C16H15N5O2. The van der Waals surface area contributed by atoms with Gasteiger partial charge in [0.2, 0.25) is 0 Å². The molecule has 1 fully saturated rings. The van der Waals surface area contributed by atoms with E-state index in [1.54, 1.807) is 28.9 Å². The standard InChI is InChI=1S/C16H15N5O2/c1-9-6-10(16(22)23)2-5-12(9)13-7-17-14(20-11-3-4-11)15-18-8-19-21(13)15/h2,5-8,11H,3-4H2,1H3,(H,17,20)(H,22,23). The minimum Gasteiger partial charge on any atom is -0.478 e. The van der Waals surface area contributed by atoms with E-state index >= 15 is 0 Å². The van der Waals surface area contributed by atoms with Gasteiger partial charge < -0.3 is 10.4 Å². The average molecular weight is 309 g/mol. The number of nitrogens with zero attached hydrogens (tertiary/aromatic N) is 4. The van der Waals surface area contributed by atoms with Crippen molar-refractivity contribution >= 4 is 17.4 Å². The van der Waals surface area contributed by atoms with E-state index in [0.29, 0.717) is 11.7 Å². The largest absolute Gasteiger partial charge is 0.478 e. The van der Waals surface area contributed by atoms with E-state index in [0.717, 1.165) is 35.5 Å². The lowest BCUT2D eigenvalue weighted by atomic mass is 10.0. The smallest absolute Gasteiger partial charge is 0.335 e. The Balaban J connectivity index is 1.83. The highest BCUT2D eigenvalue weighted by molar-refractivity contribution is 5.89. The van der Waals surface area contributed by atoms with Gasteiger partial charge in [0.25, 0.3) is 0 Å². The molecule has 2 N–H and O–H groups in total. The topological polar surface area (TPSA) is 92.4 Å². The molecule has 0 unspecified atom stereocenters. The van der Waals surface area contributed by atoms with Gasteiger partial charge in [0.1, 0.15) is 6.33 Å². The number of carbonyl (C=O) groups is 1. The highest BCUT2D eigenvalue weighted by atomic mass is 16.4. The van der Waals surface area contributed by atoms with Crippen LogP contribution in [0.3, 0.4) is 0 Å². The molecular weight excluding hydrogens is 294 g/mol. The molecule has 0 radical (unpaired) electrons. The van der Waals surface area contributed by atoms with Crippen molar-refractivity contribution in [3.63, 3.8) is 0 Å². The Morgan fingerprint density at radius 3 is 2.87 bits per heavy atom. The maximum absolute atomic E-state index is 11.1. The van der Waals surface area contributed by atoms with Gasteiger partial charge in [-0.05, 0) is 37.5 Å². The highest BCUT2D eigenvalue weighted by Gasteiger charge is 2.23. The molecule has 1 aliphatic rings. The van der Waals surface area contributed by atoms with Crippen LogP contribution in [0.2, 0.25) is 0 Å². The van der Waals surface area contributed by atoms with Crippen LogP contribution in [0.5, 0.6) is 0 Å². The van der Waals surface area contributed by atoms with Gasteiger partial charge in [-0.15, -0.1) is 0 Å². The summed E-state index contributed by atoms with van der Waals surface area (Å²) in [5.74, 6) is -0.207. The second-order valence-electron chi connectivity index (χ2n) is 5.74. The van der Waals surface area contributed by atoms with E-state index in [4.69, 9.17) is 5.11 Å². The number of aromatic carboxylic acids is 1. The third-order valence-corrected chi connectivity index (χ3v) is 3.97. The van der Waals surface area contributed by atoms with Crippen LogP contribution in [0, 0.1) is 6.92 Å². The van der Waals surface area contributed by atoms with Crippen LogP contribution in [0.15, 0.2) is 30.7 Å². The fraction of sp³-hybridized carbons (Fsp3) is 0.250. The lowest BCUT2D eigenvalue weighted by Gasteiger charge is -2.11. The number of benzene rings is 1. The molecule has 1 saturated carbocycles. The zero-order valence-corrected chi connectivity index (χ0v) is 12.5. The van der Waals surface area contributed by atoms with Gasteiger partial charge in [0, 0.05) is 11.6 Å². The quantitative estimate of drug-likeness (QED) is 0.768. The first-order valence-corrected chi connectivity index (χ1v) is 7.43. The van der Waals surface area contributed by atoms with E-state index in [1.165, 1.54) is 6.33 Å². The third-order valence-electron chi connectivity index (χ3n) is 3.97. The van der Waals surface area contributed by atoms with E-state index < -0.39 is 5.97 Å². The van der Waals surface area contributed by atoms with Crippen LogP contribution in [0.1, 0.15) is 28.8 Å². The van der Waals surface area contributed by atoms with Crippen LogP contribution < -0.4 is 5.32 Å². The number of rotatable bonds is 4. The molecule has 1 aliphatic carbocycles. The number of anilines is 1. The summed E-state index contributed by atoms with van der Waals surface area (Å²) in [6.07, 6.45) is 5.55. The van der Waals surface area contributed by atoms with Crippen LogP contribution in [-0.2, 0) is 0 Å². The monoisotopic (exact) mass is 309 g/mol. The highest BCUT2D eigenvalue weighted by Crippen LogP contribution is 2.29. The van der Waals surface area contributed by atoms with Crippen molar-refractivity contribution in [2.24, 2.45) is 0 Å². The molecule has 1 aromatic carbocycles. The van der Waals surface area contributed by atoms with E-state index in [1.807, 2.05) is 6.92 Å². The summed E-state index contributed by atoms with van der Waals surface area (Å²) in [7, 11) is 0. The minimum absolute atomic E-state index is 0.265. The molecule has 0 spiro atoms. The molecule has 0 atom stereocenters. The fourth-order valence-electron chi connectivity index (χ4n) is 2.61. The van der Waals surface area contributed by atoms with Gasteiger partial charge in [0.05, 0.1) is 17.5 Å². The zero-order chi connectivity index (χ0) is 16.0. The van der Waals surface area contributed by atoms with Crippen molar-refractivity contribution in [1.82, 2.24) is 19.6 Å². The van der Waals surface area contributed by atoms with E-state index in [2.05, 4.69) is 20.4 Å². The van der Waals surface area contributed by atoms with Crippen LogP contribution in [0.4, 0.5) is 5.82 Å². The van der Waals surface area contributed by atoms with Gasteiger partial charge in [0.15, 0.2) is 11.5 Å². The molecule has 7 nitrogen and oxygen atoms in total. The molecule has 0 aliphatic heterocycles. The summed E-state index contributed by atoms with van der Waals surface area (Å²) in [6, 6.07) is 5.50. The summed E-state index contributed by atoms with van der Waals surface area (Å²) in [5.41, 5.74) is 3.47. The SMILES string of the molecule is Cc1cc(C(=O)O)ccc1-c1cnc(NC2CC2)c2ncnn12. The van der Waals surface area contributed by atoms with E-state index in [-0.39, 0.29) is 5.56 Å². The Labute approximate surface area is 132 Å². The number of carboxylic acids is 1. The Kier molecular flexibility index (Phi) is 3.00. The number of aryl methyl sites for hydroxylation is 1. The van der Waals surface area contributed by atoms with Gasteiger partial charge in [-0.3, -0.25) is 0 Å². The number of carboxylic acid groups (broad SMARTS) is 1. The summed E-state index contributed by atoms with van der Waals surface area (Å²) in [5, 5.41) is 16.7. The number of hydrogen-bond donors (Lipinski definition) is 2. The van der Waals surface area contributed by atoms with Crippen LogP contribution in [0.25, 0.3) is 16.9 Å². The Morgan fingerprint density at radius 2 is 2.17 bits per heavy atom. The Bertz CT molecular complexity index is 914. The van der Waals surface area contributed by atoms with E-state index in [9.17, 15) is 4.79 Å². The second-order valence-corrected chi connectivity index (χ2v) is 5.74. The van der Waals surface area contributed by atoms with Gasteiger partial charge >= 0.3 is 5.97 Å². The molecule has 3 aromatic rings. The first-order valence-electron chi connectivity index (χ1n) is 7.43. The molecule has 23 heavy (non-hydrogen) atoms. The van der Waals surface area contributed by atoms with Gasteiger partial charge in [-0.2, -0.15) is 5.10 Å². The molecule has 0 bridgehead atoms. The van der Waals surface area contributed by atoms with Crippen molar-refractivity contribution in [3.8, 4) is 11.3 Å². The number of aromatic nitrogens is 4. The first kappa shape index (κ1) is 13.7. The van der Waals surface area contributed by atoms with Crippen molar-refractivity contribution in [1.29, 1.82) is 0 Å². The van der Waals surface area contributed by atoms with Crippen LogP contribution in [-0.4, -0.2) is 36.7 Å². The van der Waals surface area contributed by atoms with Gasteiger partial charge in [-0.1, -0.05) is 6.07 Å². The molecule has 2 heterocycles. The van der Waals surface area contributed by atoms with Crippen molar-refractivity contribution < 1.29 is 9.90 Å². The summed E-state index contributed by atoms with van der Waals surface area (Å²) < 4.78 is 1.74. The first-order chi connectivity index (χ1) is 11.1. The predicted molar refractivity (Wildman–Crippen MR) is 84.6 cm³/mol. The lowest BCUT2D eigenvalue weighted by molar-refractivity contribution is 0.0697.